The van der Waals surface area contributed by atoms with Gasteiger partial charge in [-0.3, -0.25) is 62.3 Å². The highest BCUT2D eigenvalue weighted by atomic mass is 16.4. The number of carboxylic acids is 3. The number of carbonyl (C=O) groups excluding carboxylic acids is 11. The molecule has 0 aliphatic rings. The summed E-state index contributed by atoms with van der Waals surface area (Å²) in [4.78, 5) is 179. The number of hydrogen-bond donors (Lipinski definition) is 18. The molecule has 0 bridgehead atoms. The van der Waals surface area contributed by atoms with E-state index >= 15 is 0 Å². The van der Waals surface area contributed by atoms with Crippen molar-refractivity contribution in [1.29, 1.82) is 0 Å². The predicted octanol–water partition coefficient (Wildman–Crippen LogP) is -7.53. The van der Waals surface area contributed by atoms with Crippen LogP contribution in [-0.2, 0) is 67.1 Å². The summed E-state index contributed by atoms with van der Waals surface area (Å²) in [5, 5.41) is 68.2. The molecule has 0 fully saturated rings. The number of carbonyl (C=O) groups is 14. The van der Waals surface area contributed by atoms with E-state index in [0.29, 0.717) is 6.42 Å². The normalized spacial score (nSPS) is 15.4. The zero-order valence-corrected chi connectivity index (χ0v) is 43.8. The summed E-state index contributed by atoms with van der Waals surface area (Å²) in [6.45, 7) is 8.06. The van der Waals surface area contributed by atoms with Crippen LogP contribution in [0, 0.1) is 11.8 Å². The highest BCUT2D eigenvalue weighted by molar-refractivity contribution is 6.00. The van der Waals surface area contributed by atoms with Crippen LogP contribution in [0.1, 0.15) is 106 Å². The van der Waals surface area contributed by atoms with Gasteiger partial charge in [0, 0.05) is 12.8 Å². The number of rotatable bonds is 38. The van der Waals surface area contributed by atoms with Gasteiger partial charge in [0.25, 0.3) is 0 Å². The number of carboxylic acid groups (broad SMARTS) is 3. The molecule has 0 saturated heterocycles. The third-order valence-corrected chi connectivity index (χ3v) is 11.1. The molecule has 0 heterocycles. The van der Waals surface area contributed by atoms with E-state index in [1.54, 1.807) is 13.8 Å². The summed E-state index contributed by atoms with van der Waals surface area (Å²) in [7, 11) is 0. The van der Waals surface area contributed by atoms with Gasteiger partial charge in [-0.15, -0.1) is 0 Å². The summed E-state index contributed by atoms with van der Waals surface area (Å²) in [6.07, 6.45) is -5.77. The first-order valence-electron chi connectivity index (χ1n) is 24.5. The summed E-state index contributed by atoms with van der Waals surface area (Å²) in [5.74, 6) is -17.9. The van der Waals surface area contributed by atoms with E-state index in [-0.39, 0.29) is 31.7 Å². The Morgan fingerprint density at radius 2 is 0.896 bits per heavy atom. The number of nitrogens with one attached hydrogen (secondary N) is 9. The third kappa shape index (κ3) is 27.2. The Morgan fingerprint density at radius 3 is 1.35 bits per heavy atom. The second-order valence-corrected chi connectivity index (χ2v) is 18.8. The van der Waals surface area contributed by atoms with Crippen molar-refractivity contribution >= 4 is 82.9 Å². The molecule has 0 aliphatic heterocycles. The fourth-order valence-corrected chi connectivity index (χ4v) is 6.90. The smallest absolute Gasteiger partial charge is 0.326 e. The van der Waals surface area contributed by atoms with Crippen molar-refractivity contribution in [3.8, 4) is 0 Å². The lowest BCUT2D eigenvalue weighted by Crippen LogP contribution is -2.62. The molecule has 0 aromatic carbocycles. The Balaban J connectivity index is 6.63. The third-order valence-electron chi connectivity index (χ3n) is 11.1. The number of amides is 11. The Labute approximate surface area is 442 Å². The molecule has 0 radical (unpaired) electrons. The van der Waals surface area contributed by atoms with Crippen molar-refractivity contribution in [2.24, 2.45) is 34.8 Å². The molecular formula is C45H77N13O19. The number of hydrogen-bond acceptors (Lipinski definition) is 18. The molecule has 32 heteroatoms. The molecule has 22 N–H and O–H groups in total. The molecule has 11 atom stereocenters. The van der Waals surface area contributed by atoms with Crippen molar-refractivity contribution in [2.45, 2.75) is 172 Å². The van der Waals surface area contributed by atoms with Crippen molar-refractivity contribution < 1.29 is 92.7 Å². The molecule has 0 unspecified atom stereocenters. The lowest BCUT2D eigenvalue weighted by atomic mass is 10.0. The zero-order valence-electron chi connectivity index (χ0n) is 43.8. The molecule has 0 spiro atoms. The van der Waals surface area contributed by atoms with E-state index < -0.39 is 200 Å². The molecule has 0 rings (SSSR count). The second kappa shape index (κ2) is 34.9. The van der Waals surface area contributed by atoms with Crippen molar-refractivity contribution in [2.75, 3.05) is 13.2 Å². The lowest BCUT2D eigenvalue weighted by molar-refractivity contribution is -0.147. The van der Waals surface area contributed by atoms with Crippen LogP contribution in [0.2, 0.25) is 0 Å². The second-order valence-electron chi connectivity index (χ2n) is 18.8. The van der Waals surface area contributed by atoms with Crippen LogP contribution in [0.3, 0.4) is 0 Å². The molecule has 11 amide bonds. The largest absolute Gasteiger partial charge is 0.481 e. The SMILES string of the molecule is CC(C)C[C@H](NC(=O)[C@@H](N)CO)C(=O)N[C@@H](C)C(=O)N[C@@H](CCCCN)C(=O)N[C@@H](CCC(=O)O)C(=O)N[C@@H](CC(N)=O)C(=O)N[C@H](C(=O)N[C@H](C(=O)N[C@@H](CCC(N)=O)C(=O)N[C@@H](CC(=O)O)C(=O)O)[C@@H](C)O)C(C)C. The van der Waals surface area contributed by atoms with Crippen molar-refractivity contribution in [3.05, 3.63) is 0 Å². The average molecular weight is 1100 g/mol. The molecular weight excluding hydrogens is 1030 g/mol. The minimum atomic E-state index is -1.99. The monoisotopic (exact) mass is 1100 g/mol. The minimum absolute atomic E-state index is 0.100. The van der Waals surface area contributed by atoms with Gasteiger partial charge in [-0.25, -0.2) is 4.79 Å². The van der Waals surface area contributed by atoms with E-state index in [4.69, 9.17) is 28.0 Å². The van der Waals surface area contributed by atoms with Gasteiger partial charge >= 0.3 is 17.9 Å². The van der Waals surface area contributed by atoms with Gasteiger partial charge < -0.3 is 96.3 Å². The van der Waals surface area contributed by atoms with Crippen LogP contribution < -0.4 is 70.8 Å². The van der Waals surface area contributed by atoms with Gasteiger partial charge in [-0.05, 0) is 70.8 Å². The molecule has 77 heavy (non-hydrogen) atoms. The van der Waals surface area contributed by atoms with E-state index in [2.05, 4.69) is 42.5 Å². The van der Waals surface area contributed by atoms with Crippen LogP contribution in [-0.4, -0.2) is 188 Å². The Kier molecular flexibility index (Phi) is 31.5. The molecule has 32 nitrogen and oxygen atoms in total. The van der Waals surface area contributed by atoms with E-state index in [1.807, 2.05) is 5.32 Å². The van der Waals surface area contributed by atoms with Gasteiger partial charge in [0.2, 0.25) is 65.0 Å². The van der Waals surface area contributed by atoms with E-state index in [9.17, 15) is 87.5 Å². The molecule has 0 aromatic heterocycles. The fourth-order valence-electron chi connectivity index (χ4n) is 6.90. The summed E-state index contributed by atoms with van der Waals surface area (Å²) in [5.41, 5.74) is 21.8. The molecule has 0 aromatic rings. The summed E-state index contributed by atoms with van der Waals surface area (Å²) in [6, 6.07) is -16.5. The van der Waals surface area contributed by atoms with Crippen LogP contribution in [0.5, 0.6) is 0 Å². The predicted molar refractivity (Wildman–Crippen MR) is 266 cm³/mol. The van der Waals surface area contributed by atoms with Gasteiger partial charge in [-0.2, -0.15) is 0 Å². The quantitative estimate of drug-likeness (QED) is 0.0255. The van der Waals surface area contributed by atoms with E-state index in [1.165, 1.54) is 20.8 Å². The Hall–Kier alpha value is -7.58. The maximum Gasteiger partial charge on any atom is 0.326 e. The van der Waals surface area contributed by atoms with Crippen molar-refractivity contribution in [3.63, 3.8) is 0 Å². The van der Waals surface area contributed by atoms with Gasteiger partial charge in [0.1, 0.15) is 60.4 Å². The number of unbranched alkanes of at least 4 members (excludes halogenated alkanes) is 1. The topological polar surface area (TPSA) is 552 Å². The summed E-state index contributed by atoms with van der Waals surface area (Å²) < 4.78 is 0. The molecule has 0 aliphatic carbocycles. The number of nitrogens with two attached hydrogens (primary N) is 4. The average Bonchev–Trinajstić information content (AvgIpc) is 3.32. The van der Waals surface area contributed by atoms with Crippen LogP contribution >= 0.6 is 0 Å². The van der Waals surface area contributed by atoms with Gasteiger partial charge in [0.15, 0.2) is 0 Å². The number of primary amides is 2. The first-order valence-corrected chi connectivity index (χ1v) is 24.5. The molecule has 0 saturated carbocycles. The van der Waals surface area contributed by atoms with Gasteiger partial charge in [0.05, 0.1) is 25.6 Å². The van der Waals surface area contributed by atoms with Crippen molar-refractivity contribution in [1.82, 2.24) is 47.9 Å². The maximum atomic E-state index is 13.9. The number of aliphatic hydroxyl groups is 2. The van der Waals surface area contributed by atoms with Crippen LogP contribution in [0.25, 0.3) is 0 Å². The Morgan fingerprint density at radius 1 is 0.455 bits per heavy atom. The van der Waals surface area contributed by atoms with E-state index in [0.717, 1.165) is 6.92 Å². The minimum Gasteiger partial charge on any atom is -0.481 e. The maximum absolute atomic E-state index is 13.9. The highest BCUT2D eigenvalue weighted by Crippen LogP contribution is 2.11. The lowest BCUT2D eigenvalue weighted by Gasteiger charge is -2.29. The highest BCUT2D eigenvalue weighted by Gasteiger charge is 2.37. The van der Waals surface area contributed by atoms with Gasteiger partial charge in [-0.1, -0.05) is 27.7 Å². The molecule has 436 valence electrons. The standard InChI is InChI=1S/C45H77N13O19/c1-19(2)15-27(54-37(68)23(47)18-59)41(72)50-21(5)36(67)51-24(9-7-8-14-46)38(69)52-26(11-13-32(63)64)39(70)55-28(16-31(49)62)42(73)57-34(20(3)4)43(74)58-35(22(6)60)44(75)53-25(10-12-30(48)61)40(71)56-29(45(76)77)17-33(65)66/h19-29,34-35,59-60H,7-18,46-47H2,1-6H3,(H2,48,61)(H2,49,62)(H,50,72)(H,51,67)(H,52,69)(H,53,75)(H,54,68)(H,55,70)(H,56,71)(H,57,73)(H,58,74)(H,63,64)(H,65,66)(H,76,77)/t21-,22+,23-,24-,25-,26-,27-,28-,29-,34-,35-/m0/s1. The summed E-state index contributed by atoms with van der Waals surface area (Å²) >= 11 is 0. The number of aliphatic carboxylic acids is 3. The first kappa shape index (κ1) is 69.4. The Bertz CT molecular complexity index is 2110. The van der Waals surface area contributed by atoms with Crippen LogP contribution in [0.15, 0.2) is 0 Å². The first-order chi connectivity index (χ1) is 35.8. The fraction of sp³-hybridized carbons (Fsp3) is 0.689. The van der Waals surface area contributed by atoms with Crippen LogP contribution in [0.4, 0.5) is 0 Å². The number of aliphatic hydroxyl groups excluding tert-OH is 2. The zero-order chi connectivity index (χ0) is 59.4.